The van der Waals surface area contributed by atoms with Gasteiger partial charge in [0.25, 0.3) is 0 Å². The summed E-state index contributed by atoms with van der Waals surface area (Å²) < 4.78 is 2.02. The molecule has 0 bridgehead atoms. The third-order valence-electron chi connectivity index (χ3n) is 3.75. The highest BCUT2D eigenvalue weighted by atomic mass is 15.3. The molecule has 1 aromatic heterocycles. The summed E-state index contributed by atoms with van der Waals surface area (Å²) >= 11 is 0. The lowest BCUT2D eigenvalue weighted by atomic mass is 9.95. The Hall–Kier alpha value is -0.900. The van der Waals surface area contributed by atoms with Crippen LogP contribution in [0.15, 0.2) is 6.33 Å². The maximum Gasteiger partial charge on any atom is 0.138 e. The molecule has 1 N–H and O–H groups in total. The summed E-state index contributed by atoms with van der Waals surface area (Å²) in [6.07, 6.45) is 5.30. The number of rotatable bonds is 5. The maximum absolute atomic E-state index is 4.38. The Labute approximate surface area is 97.5 Å². The van der Waals surface area contributed by atoms with Crippen molar-refractivity contribution in [3.8, 4) is 0 Å². The zero-order valence-electron chi connectivity index (χ0n) is 10.7. The largest absolute Gasteiger partial charge is 0.316 e. The zero-order chi connectivity index (χ0) is 11.8. The summed E-state index contributed by atoms with van der Waals surface area (Å²) in [6.45, 7) is 6.64. The van der Waals surface area contributed by atoms with E-state index >= 15 is 0 Å². The topological polar surface area (TPSA) is 42.7 Å². The zero-order valence-corrected chi connectivity index (χ0v) is 10.7. The minimum absolute atomic E-state index is 0.391. The van der Waals surface area contributed by atoms with E-state index in [1.807, 2.05) is 11.7 Å². The van der Waals surface area contributed by atoms with Gasteiger partial charge >= 0.3 is 0 Å². The van der Waals surface area contributed by atoms with Crippen molar-refractivity contribution in [3.05, 3.63) is 12.2 Å². The molecule has 4 heteroatoms. The van der Waals surface area contributed by atoms with E-state index < -0.39 is 0 Å². The lowest BCUT2D eigenvalue weighted by Gasteiger charge is -2.23. The van der Waals surface area contributed by atoms with Crippen LogP contribution in [0, 0.1) is 5.41 Å². The summed E-state index contributed by atoms with van der Waals surface area (Å²) in [4.78, 5) is 4.38. The molecule has 90 valence electrons. The summed E-state index contributed by atoms with van der Waals surface area (Å²) in [5.74, 6) is 1.10. The molecule has 0 aliphatic heterocycles. The lowest BCUT2D eigenvalue weighted by molar-refractivity contribution is 0.359. The van der Waals surface area contributed by atoms with Crippen LogP contribution < -0.4 is 5.32 Å². The van der Waals surface area contributed by atoms with Crippen LogP contribution in [0.25, 0.3) is 0 Å². The predicted octanol–water partition coefficient (Wildman–Crippen LogP) is 1.79. The number of hydrogen-bond donors (Lipinski definition) is 1. The lowest BCUT2D eigenvalue weighted by Crippen LogP contribution is -2.36. The predicted molar refractivity (Wildman–Crippen MR) is 64.3 cm³/mol. The van der Waals surface area contributed by atoms with Gasteiger partial charge in [-0.3, -0.25) is 0 Å². The first kappa shape index (κ1) is 11.6. The maximum atomic E-state index is 4.38. The average molecular weight is 222 g/mol. The number of likely N-dealkylation sites (N-methyl/N-ethyl adjacent to an activating group) is 1. The Kier molecular flexibility index (Phi) is 3.02. The first-order valence-corrected chi connectivity index (χ1v) is 6.12. The molecule has 1 aliphatic rings. The summed E-state index contributed by atoms with van der Waals surface area (Å²) in [7, 11) is 2.05. The van der Waals surface area contributed by atoms with Crippen molar-refractivity contribution in [3.63, 3.8) is 0 Å². The van der Waals surface area contributed by atoms with Crippen molar-refractivity contribution in [2.75, 3.05) is 7.05 Å². The second kappa shape index (κ2) is 4.17. The molecule has 1 fully saturated rings. The summed E-state index contributed by atoms with van der Waals surface area (Å²) in [5.41, 5.74) is 0.475. The molecule has 1 aromatic rings. The molecule has 1 saturated carbocycles. The van der Waals surface area contributed by atoms with Gasteiger partial charge in [0.05, 0.1) is 0 Å². The standard InChI is InChI=1S/C12H22N4/c1-9(2)16-11(14-8-15-16)7-10(13-4)12(3)5-6-12/h8-10,13H,5-7H2,1-4H3. The van der Waals surface area contributed by atoms with Gasteiger partial charge in [-0.1, -0.05) is 6.92 Å². The molecular formula is C12H22N4. The summed E-state index contributed by atoms with van der Waals surface area (Å²) in [6, 6.07) is 0.913. The van der Waals surface area contributed by atoms with E-state index in [1.165, 1.54) is 12.8 Å². The van der Waals surface area contributed by atoms with Gasteiger partial charge in [0.1, 0.15) is 12.2 Å². The minimum atomic E-state index is 0.391. The van der Waals surface area contributed by atoms with E-state index in [-0.39, 0.29) is 0 Å². The van der Waals surface area contributed by atoms with Crippen LogP contribution in [0.5, 0.6) is 0 Å². The Bertz CT molecular complexity index is 352. The van der Waals surface area contributed by atoms with Crippen LogP contribution >= 0.6 is 0 Å². The third-order valence-corrected chi connectivity index (χ3v) is 3.75. The van der Waals surface area contributed by atoms with Gasteiger partial charge in [-0.15, -0.1) is 0 Å². The van der Waals surface area contributed by atoms with E-state index in [0.29, 0.717) is 17.5 Å². The molecular weight excluding hydrogens is 200 g/mol. The molecule has 2 rings (SSSR count). The average Bonchev–Trinajstić information content (AvgIpc) is 2.82. The molecule has 0 spiro atoms. The van der Waals surface area contributed by atoms with Gasteiger partial charge in [0.15, 0.2) is 0 Å². The monoisotopic (exact) mass is 222 g/mol. The molecule has 16 heavy (non-hydrogen) atoms. The molecule has 0 radical (unpaired) electrons. The molecule has 1 aliphatic carbocycles. The van der Waals surface area contributed by atoms with Gasteiger partial charge in [-0.2, -0.15) is 5.10 Å². The fraction of sp³-hybridized carbons (Fsp3) is 0.833. The molecule has 1 heterocycles. The van der Waals surface area contributed by atoms with Crippen LogP contribution in [-0.4, -0.2) is 27.9 Å². The second-order valence-corrected chi connectivity index (χ2v) is 5.41. The highest BCUT2D eigenvalue weighted by Gasteiger charge is 2.44. The van der Waals surface area contributed by atoms with Crippen molar-refractivity contribution in [2.24, 2.45) is 5.41 Å². The minimum Gasteiger partial charge on any atom is -0.316 e. The van der Waals surface area contributed by atoms with Crippen molar-refractivity contribution in [1.82, 2.24) is 20.1 Å². The highest BCUT2D eigenvalue weighted by molar-refractivity contribution is 5.03. The third kappa shape index (κ3) is 2.12. The molecule has 0 amide bonds. The smallest absolute Gasteiger partial charge is 0.138 e. The molecule has 1 atom stereocenters. The summed E-state index contributed by atoms with van der Waals surface area (Å²) in [5, 5.41) is 7.71. The van der Waals surface area contributed by atoms with E-state index in [0.717, 1.165) is 12.2 Å². The van der Waals surface area contributed by atoms with E-state index in [1.54, 1.807) is 6.33 Å². The molecule has 0 saturated heterocycles. The van der Waals surface area contributed by atoms with E-state index in [9.17, 15) is 0 Å². The second-order valence-electron chi connectivity index (χ2n) is 5.41. The Morgan fingerprint density at radius 1 is 1.50 bits per heavy atom. The quantitative estimate of drug-likeness (QED) is 0.826. The van der Waals surface area contributed by atoms with Crippen LogP contribution in [-0.2, 0) is 6.42 Å². The molecule has 4 nitrogen and oxygen atoms in total. The van der Waals surface area contributed by atoms with Crippen LogP contribution in [0.2, 0.25) is 0 Å². The normalized spacial score (nSPS) is 20.1. The number of nitrogens with one attached hydrogen (secondary N) is 1. The number of nitrogens with zero attached hydrogens (tertiary/aromatic N) is 3. The van der Waals surface area contributed by atoms with E-state index in [2.05, 4.69) is 36.2 Å². The van der Waals surface area contributed by atoms with Gasteiger partial charge in [0.2, 0.25) is 0 Å². The highest BCUT2D eigenvalue weighted by Crippen LogP contribution is 2.48. The van der Waals surface area contributed by atoms with E-state index in [4.69, 9.17) is 0 Å². The van der Waals surface area contributed by atoms with Crippen molar-refractivity contribution in [2.45, 2.75) is 52.1 Å². The van der Waals surface area contributed by atoms with Gasteiger partial charge in [-0.05, 0) is 39.2 Å². The SMILES string of the molecule is CNC(Cc1ncnn1C(C)C)C1(C)CC1. The fourth-order valence-electron chi connectivity index (χ4n) is 2.28. The first-order valence-electron chi connectivity index (χ1n) is 6.12. The van der Waals surface area contributed by atoms with Crippen molar-refractivity contribution >= 4 is 0 Å². The molecule has 1 unspecified atom stereocenters. The van der Waals surface area contributed by atoms with Crippen LogP contribution in [0.4, 0.5) is 0 Å². The Morgan fingerprint density at radius 2 is 2.19 bits per heavy atom. The van der Waals surface area contributed by atoms with Gasteiger partial charge in [-0.25, -0.2) is 9.67 Å². The number of hydrogen-bond acceptors (Lipinski definition) is 3. The Morgan fingerprint density at radius 3 is 2.69 bits per heavy atom. The number of aromatic nitrogens is 3. The first-order chi connectivity index (χ1) is 7.57. The molecule has 0 aromatic carbocycles. The fourth-order valence-corrected chi connectivity index (χ4v) is 2.28. The van der Waals surface area contributed by atoms with Crippen LogP contribution in [0.3, 0.4) is 0 Å². The Balaban J connectivity index is 2.10. The van der Waals surface area contributed by atoms with Gasteiger partial charge in [0, 0.05) is 18.5 Å². The van der Waals surface area contributed by atoms with Crippen molar-refractivity contribution in [1.29, 1.82) is 0 Å². The van der Waals surface area contributed by atoms with Crippen molar-refractivity contribution < 1.29 is 0 Å². The van der Waals surface area contributed by atoms with Crippen LogP contribution in [0.1, 0.15) is 45.5 Å². The van der Waals surface area contributed by atoms with Gasteiger partial charge < -0.3 is 5.32 Å².